The monoisotopic (exact) mass is 338 g/mol. The smallest absolute Gasteiger partial charge is 0.251 e. The first-order chi connectivity index (χ1) is 12.1. The van der Waals surface area contributed by atoms with Crippen LogP contribution in [0.3, 0.4) is 0 Å². The second-order valence-corrected chi connectivity index (χ2v) is 6.15. The van der Waals surface area contributed by atoms with Crippen molar-refractivity contribution in [3.63, 3.8) is 0 Å². The number of methoxy groups -OCH3 is 1. The fraction of sp³-hybridized carbons (Fsp3) is 0.300. The van der Waals surface area contributed by atoms with Crippen molar-refractivity contribution in [1.29, 1.82) is 0 Å². The lowest BCUT2D eigenvalue weighted by molar-refractivity contribution is -0.120. The molecule has 25 heavy (non-hydrogen) atoms. The van der Waals surface area contributed by atoms with E-state index in [4.69, 9.17) is 4.74 Å². The number of fused-ring (bicyclic) bond motifs is 1. The van der Waals surface area contributed by atoms with Gasteiger partial charge >= 0.3 is 0 Å². The predicted molar refractivity (Wildman–Crippen MR) is 97.0 cm³/mol. The standard InChI is InChI=1S/C20H22N2O3/c1-14(21-19(23)16-9-11-17(25-2)12-10-16)20(24)22-13-5-7-15-6-3-4-8-18(15)22/h3-4,6,8-12,14H,5,7,13H2,1-2H3,(H,21,23)/t14-/m1/s1. The molecule has 5 nitrogen and oxygen atoms in total. The van der Waals surface area contributed by atoms with Crippen molar-refractivity contribution in [2.45, 2.75) is 25.8 Å². The summed E-state index contributed by atoms with van der Waals surface area (Å²) in [6.45, 7) is 2.40. The molecule has 0 spiro atoms. The molecule has 0 saturated carbocycles. The number of carbonyl (C=O) groups excluding carboxylic acids is 2. The van der Waals surface area contributed by atoms with Crippen molar-refractivity contribution in [3.05, 3.63) is 59.7 Å². The number of nitrogens with zero attached hydrogens (tertiary/aromatic N) is 1. The number of anilines is 1. The Balaban J connectivity index is 1.69. The molecule has 0 saturated heterocycles. The average Bonchev–Trinajstić information content (AvgIpc) is 2.67. The largest absolute Gasteiger partial charge is 0.497 e. The summed E-state index contributed by atoms with van der Waals surface area (Å²) in [7, 11) is 1.58. The molecule has 1 N–H and O–H groups in total. The first-order valence-corrected chi connectivity index (χ1v) is 8.44. The van der Waals surface area contributed by atoms with Crippen LogP contribution in [0.2, 0.25) is 0 Å². The van der Waals surface area contributed by atoms with E-state index in [1.165, 1.54) is 5.56 Å². The van der Waals surface area contributed by atoms with Gasteiger partial charge in [-0.3, -0.25) is 9.59 Å². The molecular formula is C20H22N2O3. The highest BCUT2D eigenvalue weighted by molar-refractivity contribution is 6.02. The van der Waals surface area contributed by atoms with Crippen LogP contribution in [0, 0.1) is 0 Å². The fourth-order valence-electron chi connectivity index (χ4n) is 3.08. The quantitative estimate of drug-likeness (QED) is 0.932. The molecule has 0 bridgehead atoms. The number of ether oxygens (including phenoxy) is 1. The number of hydrogen-bond donors (Lipinski definition) is 1. The number of carbonyl (C=O) groups is 2. The molecule has 1 atom stereocenters. The molecule has 0 unspecified atom stereocenters. The van der Waals surface area contributed by atoms with E-state index in [2.05, 4.69) is 11.4 Å². The Morgan fingerprint density at radius 1 is 1.12 bits per heavy atom. The summed E-state index contributed by atoms with van der Waals surface area (Å²) >= 11 is 0. The van der Waals surface area contributed by atoms with E-state index in [0.29, 0.717) is 17.9 Å². The molecule has 1 aliphatic rings. The fourth-order valence-corrected chi connectivity index (χ4v) is 3.08. The Kier molecular flexibility index (Phi) is 5.03. The Morgan fingerprint density at radius 3 is 2.56 bits per heavy atom. The van der Waals surface area contributed by atoms with Crippen molar-refractivity contribution in [3.8, 4) is 5.75 Å². The van der Waals surface area contributed by atoms with Gasteiger partial charge in [0.25, 0.3) is 5.91 Å². The third-order valence-corrected chi connectivity index (χ3v) is 4.45. The number of amides is 2. The first-order valence-electron chi connectivity index (χ1n) is 8.44. The summed E-state index contributed by atoms with van der Waals surface area (Å²) in [6.07, 6.45) is 1.91. The number of hydrogen-bond acceptors (Lipinski definition) is 3. The van der Waals surface area contributed by atoms with E-state index in [-0.39, 0.29) is 11.8 Å². The van der Waals surface area contributed by atoms with Crippen molar-refractivity contribution < 1.29 is 14.3 Å². The SMILES string of the molecule is COc1ccc(C(=O)N[C@H](C)C(=O)N2CCCc3ccccc32)cc1. The van der Waals surface area contributed by atoms with E-state index in [1.807, 2.05) is 18.2 Å². The van der Waals surface area contributed by atoms with Crippen molar-refractivity contribution >= 4 is 17.5 Å². The average molecular weight is 338 g/mol. The summed E-state index contributed by atoms with van der Waals surface area (Å²) in [5, 5.41) is 2.79. The van der Waals surface area contributed by atoms with Gasteiger partial charge in [0.1, 0.15) is 11.8 Å². The summed E-state index contributed by atoms with van der Waals surface area (Å²) in [5.41, 5.74) is 2.62. The Morgan fingerprint density at radius 2 is 1.84 bits per heavy atom. The molecule has 2 aromatic carbocycles. The van der Waals surface area contributed by atoms with Crippen molar-refractivity contribution in [1.82, 2.24) is 5.32 Å². The second-order valence-electron chi connectivity index (χ2n) is 6.15. The van der Waals surface area contributed by atoms with Crippen LogP contribution in [0.1, 0.15) is 29.3 Å². The highest BCUT2D eigenvalue weighted by Gasteiger charge is 2.27. The van der Waals surface area contributed by atoms with Crippen LogP contribution in [-0.2, 0) is 11.2 Å². The van der Waals surface area contributed by atoms with Gasteiger partial charge in [-0.15, -0.1) is 0 Å². The number of para-hydroxylation sites is 1. The van der Waals surface area contributed by atoms with E-state index in [1.54, 1.807) is 43.2 Å². The first kappa shape index (κ1) is 17.0. The van der Waals surface area contributed by atoms with Crippen molar-refractivity contribution in [2.24, 2.45) is 0 Å². The Bertz CT molecular complexity index is 771. The maximum atomic E-state index is 12.8. The van der Waals surface area contributed by atoms with Crippen LogP contribution < -0.4 is 15.0 Å². The lowest BCUT2D eigenvalue weighted by Crippen LogP contribution is -2.48. The van der Waals surface area contributed by atoms with Crippen LogP contribution in [0.15, 0.2) is 48.5 Å². The normalized spacial score (nSPS) is 14.4. The van der Waals surface area contributed by atoms with Gasteiger partial charge in [-0.1, -0.05) is 18.2 Å². The van der Waals surface area contributed by atoms with Gasteiger partial charge in [-0.05, 0) is 55.7 Å². The third-order valence-electron chi connectivity index (χ3n) is 4.45. The maximum Gasteiger partial charge on any atom is 0.251 e. The van der Waals surface area contributed by atoms with Crippen LogP contribution in [0.4, 0.5) is 5.69 Å². The zero-order valence-corrected chi connectivity index (χ0v) is 14.5. The highest BCUT2D eigenvalue weighted by Crippen LogP contribution is 2.27. The topological polar surface area (TPSA) is 58.6 Å². The highest BCUT2D eigenvalue weighted by atomic mass is 16.5. The van der Waals surface area contributed by atoms with Crippen LogP contribution in [0.25, 0.3) is 0 Å². The van der Waals surface area contributed by atoms with E-state index < -0.39 is 6.04 Å². The van der Waals surface area contributed by atoms with Gasteiger partial charge in [0.15, 0.2) is 0 Å². The molecule has 130 valence electrons. The maximum absolute atomic E-state index is 12.8. The number of benzene rings is 2. The molecule has 1 heterocycles. The Hall–Kier alpha value is -2.82. The van der Waals surface area contributed by atoms with Gasteiger partial charge in [0.05, 0.1) is 7.11 Å². The lowest BCUT2D eigenvalue weighted by atomic mass is 10.0. The van der Waals surface area contributed by atoms with E-state index in [0.717, 1.165) is 18.5 Å². The summed E-state index contributed by atoms with van der Waals surface area (Å²) in [5.74, 6) is 0.327. The molecular weight excluding hydrogens is 316 g/mol. The minimum Gasteiger partial charge on any atom is -0.497 e. The second kappa shape index (κ2) is 7.38. The van der Waals surface area contributed by atoms with Crippen LogP contribution in [0.5, 0.6) is 5.75 Å². The van der Waals surface area contributed by atoms with Crippen molar-refractivity contribution in [2.75, 3.05) is 18.6 Å². The van der Waals surface area contributed by atoms with Gasteiger partial charge in [0, 0.05) is 17.8 Å². The Labute approximate surface area is 147 Å². The molecule has 0 radical (unpaired) electrons. The minimum atomic E-state index is -0.597. The van der Waals surface area contributed by atoms with Crippen LogP contribution >= 0.6 is 0 Å². The molecule has 2 aromatic rings. The molecule has 2 amide bonds. The molecule has 3 rings (SSSR count). The molecule has 0 aromatic heterocycles. The van der Waals surface area contributed by atoms with Gasteiger partial charge in [-0.25, -0.2) is 0 Å². The van der Waals surface area contributed by atoms with E-state index >= 15 is 0 Å². The zero-order valence-electron chi connectivity index (χ0n) is 14.5. The summed E-state index contributed by atoms with van der Waals surface area (Å²) < 4.78 is 5.09. The number of rotatable bonds is 4. The molecule has 1 aliphatic heterocycles. The zero-order chi connectivity index (χ0) is 17.8. The summed E-state index contributed by atoms with van der Waals surface area (Å²) in [6, 6.07) is 14.2. The number of nitrogens with one attached hydrogen (secondary N) is 1. The predicted octanol–water partition coefficient (Wildman–Crippen LogP) is 2.79. The molecule has 0 fully saturated rings. The van der Waals surface area contributed by atoms with Gasteiger partial charge in [-0.2, -0.15) is 0 Å². The van der Waals surface area contributed by atoms with Gasteiger partial charge in [0.2, 0.25) is 5.91 Å². The third kappa shape index (κ3) is 3.65. The minimum absolute atomic E-state index is 0.0889. The number of aryl methyl sites for hydroxylation is 1. The summed E-state index contributed by atoms with van der Waals surface area (Å²) in [4.78, 5) is 27.0. The van der Waals surface area contributed by atoms with Crippen LogP contribution in [-0.4, -0.2) is 31.5 Å². The van der Waals surface area contributed by atoms with E-state index in [9.17, 15) is 9.59 Å². The molecule has 0 aliphatic carbocycles. The van der Waals surface area contributed by atoms with Gasteiger partial charge < -0.3 is 15.0 Å². The lowest BCUT2D eigenvalue weighted by Gasteiger charge is -2.31. The molecule has 5 heteroatoms.